The number of nitrogens with two attached hydrogens (primary N) is 1. The summed E-state index contributed by atoms with van der Waals surface area (Å²) in [6, 6.07) is 20.5. The van der Waals surface area contributed by atoms with E-state index in [-0.39, 0.29) is 22.3 Å². The van der Waals surface area contributed by atoms with Gasteiger partial charge in [-0.15, -0.1) is 0 Å². The average Bonchev–Trinajstić information content (AvgIpc) is 2.82. The molecule has 0 saturated carbocycles. The van der Waals surface area contributed by atoms with Gasteiger partial charge in [-0.3, -0.25) is 0 Å². The first-order valence-electron chi connectivity index (χ1n) is 10.2. The second-order valence-electron chi connectivity index (χ2n) is 7.46. The molecule has 34 heavy (non-hydrogen) atoms. The fourth-order valence-corrected chi connectivity index (χ4v) is 3.56. The fourth-order valence-electron chi connectivity index (χ4n) is 3.35. The summed E-state index contributed by atoms with van der Waals surface area (Å²) in [6.07, 6.45) is -2.52. The van der Waals surface area contributed by atoms with Crippen LogP contribution in [0.2, 0.25) is 5.02 Å². The molecule has 2 heterocycles. The van der Waals surface area contributed by atoms with Crippen molar-refractivity contribution in [1.29, 1.82) is 0 Å². The predicted molar refractivity (Wildman–Crippen MR) is 127 cm³/mol. The molecule has 0 aliphatic rings. The van der Waals surface area contributed by atoms with E-state index in [1.165, 1.54) is 6.33 Å². The number of halogens is 4. The Balaban J connectivity index is 1.66. The van der Waals surface area contributed by atoms with Crippen LogP contribution in [0.1, 0.15) is 16.7 Å². The van der Waals surface area contributed by atoms with E-state index in [0.29, 0.717) is 25.1 Å². The molecule has 10 heteroatoms. The van der Waals surface area contributed by atoms with Crippen molar-refractivity contribution in [1.82, 2.24) is 15.0 Å². The van der Waals surface area contributed by atoms with Gasteiger partial charge in [0.25, 0.3) is 0 Å². The molecule has 3 N–H and O–H groups in total. The topological polar surface area (TPSA) is 80.0 Å². The summed E-state index contributed by atoms with van der Waals surface area (Å²) in [5.74, 6) is 0.655. The average molecular weight is 485 g/mol. The number of pyridine rings is 1. The molecule has 6 nitrogen and oxygen atoms in total. The molecule has 4 aromatic rings. The summed E-state index contributed by atoms with van der Waals surface area (Å²) < 4.78 is 38.8. The smallest absolute Gasteiger partial charge is 0.393 e. The van der Waals surface area contributed by atoms with Crippen molar-refractivity contribution in [2.75, 3.05) is 16.0 Å². The summed E-state index contributed by atoms with van der Waals surface area (Å²) in [7, 11) is 0. The molecular formula is C24H20ClF3N6. The lowest BCUT2D eigenvalue weighted by Crippen LogP contribution is -2.25. The molecule has 0 aliphatic carbocycles. The summed E-state index contributed by atoms with van der Waals surface area (Å²) >= 11 is 6.04. The van der Waals surface area contributed by atoms with Gasteiger partial charge in [0.2, 0.25) is 0 Å². The monoisotopic (exact) mass is 484 g/mol. The van der Waals surface area contributed by atoms with Crippen LogP contribution in [0.15, 0.2) is 79.3 Å². The van der Waals surface area contributed by atoms with Gasteiger partial charge >= 0.3 is 6.18 Å². The highest BCUT2D eigenvalue weighted by atomic mass is 35.5. The number of alkyl halides is 3. The SMILES string of the molecule is Nc1c(Nc2ncc(C(F)(F)F)cc2Cl)ncnc1N(Cc1ccccc1)Cc1ccccc1. The first kappa shape index (κ1) is 23.3. The summed E-state index contributed by atoms with van der Waals surface area (Å²) in [5.41, 5.74) is 7.78. The fraction of sp³-hybridized carbons (Fsp3) is 0.125. The maximum absolute atomic E-state index is 12.9. The zero-order valence-electron chi connectivity index (χ0n) is 17.8. The Morgan fingerprint density at radius 3 is 1.97 bits per heavy atom. The van der Waals surface area contributed by atoms with Crippen molar-refractivity contribution in [2.45, 2.75) is 19.3 Å². The molecular weight excluding hydrogens is 465 g/mol. The van der Waals surface area contributed by atoms with Crippen LogP contribution in [-0.2, 0) is 19.3 Å². The largest absolute Gasteiger partial charge is 0.417 e. The maximum Gasteiger partial charge on any atom is 0.417 e. The van der Waals surface area contributed by atoms with Crippen molar-refractivity contribution in [3.05, 3.63) is 101 Å². The van der Waals surface area contributed by atoms with E-state index in [1.54, 1.807) is 0 Å². The van der Waals surface area contributed by atoms with E-state index in [2.05, 4.69) is 20.3 Å². The third-order valence-corrected chi connectivity index (χ3v) is 5.29. The lowest BCUT2D eigenvalue weighted by molar-refractivity contribution is -0.137. The quantitative estimate of drug-likeness (QED) is 0.331. The standard InChI is InChI=1S/C24H20ClF3N6/c25-19-11-18(24(26,27)28)12-30-21(19)33-22-20(29)23(32-15-31-22)34(13-16-7-3-1-4-8-16)14-17-9-5-2-6-10-17/h1-12,15H,13-14,29H2,(H,30,31,32,33). The Hall–Kier alpha value is -3.85. The van der Waals surface area contributed by atoms with Crippen LogP contribution in [0.3, 0.4) is 0 Å². The molecule has 2 aromatic heterocycles. The normalized spacial score (nSPS) is 11.3. The minimum Gasteiger partial charge on any atom is -0.393 e. The van der Waals surface area contributed by atoms with Gasteiger partial charge in [0, 0.05) is 19.3 Å². The highest BCUT2D eigenvalue weighted by molar-refractivity contribution is 6.33. The Morgan fingerprint density at radius 1 is 0.853 bits per heavy atom. The molecule has 0 unspecified atom stereocenters. The molecule has 0 bridgehead atoms. The van der Waals surface area contributed by atoms with Gasteiger partial charge in [-0.2, -0.15) is 13.2 Å². The van der Waals surface area contributed by atoms with Gasteiger partial charge in [0.1, 0.15) is 17.8 Å². The van der Waals surface area contributed by atoms with E-state index >= 15 is 0 Å². The Labute approximate surface area is 199 Å². The van der Waals surface area contributed by atoms with E-state index in [4.69, 9.17) is 17.3 Å². The molecule has 2 aromatic carbocycles. The number of hydrogen-bond donors (Lipinski definition) is 2. The highest BCUT2D eigenvalue weighted by Crippen LogP contribution is 2.35. The summed E-state index contributed by atoms with van der Waals surface area (Å²) in [5, 5.41) is 2.62. The lowest BCUT2D eigenvalue weighted by atomic mass is 10.1. The second kappa shape index (κ2) is 9.96. The van der Waals surface area contributed by atoms with Crippen molar-refractivity contribution in [3.8, 4) is 0 Å². The van der Waals surface area contributed by atoms with Gasteiger partial charge < -0.3 is 16.0 Å². The second-order valence-corrected chi connectivity index (χ2v) is 7.87. The molecule has 0 saturated heterocycles. The van der Waals surface area contributed by atoms with Crippen LogP contribution in [0.4, 0.5) is 36.3 Å². The number of aromatic nitrogens is 3. The number of anilines is 4. The first-order valence-corrected chi connectivity index (χ1v) is 10.6. The van der Waals surface area contributed by atoms with Crippen molar-refractivity contribution < 1.29 is 13.2 Å². The third kappa shape index (κ3) is 5.55. The van der Waals surface area contributed by atoms with Crippen LogP contribution in [0.25, 0.3) is 0 Å². The van der Waals surface area contributed by atoms with Gasteiger partial charge in [-0.1, -0.05) is 72.3 Å². The Bertz CT molecular complexity index is 1210. The Morgan fingerprint density at radius 2 is 1.44 bits per heavy atom. The van der Waals surface area contributed by atoms with Crippen LogP contribution in [0.5, 0.6) is 0 Å². The van der Waals surface area contributed by atoms with Crippen LogP contribution < -0.4 is 16.0 Å². The van der Waals surface area contributed by atoms with E-state index in [0.717, 1.165) is 17.2 Å². The molecule has 0 radical (unpaired) electrons. The number of nitrogens with one attached hydrogen (secondary N) is 1. The lowest BCUT2D eigenvalue weighted by Gasteiger charge is -2.26. The molecule has 0 aliphatic heterocycles. The Kier molecular flexibility index (Phi) is 6.83. The number of rotatable bonds is 7. The minimum absolute atomic E-state index is 0.00341. The molecule has 4 rings (SSSR count). The van der Waals surface area contributed by atoms with Crippen LogP contribution in [0, 0.1) is 0 Å². The number of benzene rings is 2. The highest BCUT2D eigenvalue weighted by Gasteiger charge is 2.31. The molecule has 174 valence electrons. The molecule has 0 atom stereocenters. The van der Waals surface area contributed by atoms with E-state index in [9.17, 15) is 13.2 Å². The third-order valence-electron chi connectivity index (χ3n) is 5.00. The van der Waals surface area contributed by atoms with Gasteiger partial charge in [0.15, 0.2) is 11.6 Å². The van der Waals surface area contributed by atoms with Crippen molar-refractivity contribution in [2.24, 2.45) is 0 Å². The van der Waals surface area contributed by atoms with Gasteiger partial charge in [0.05, 0.1) is 10.6 Å². The van der Waals surface area contributed by atoms with Gasteiger partial charge in [-0.05, 0) is 17.2 Å². The van der Waals surface area contributed by atoms with Crippen molar-refractivity contribution >= 4 is 34.7 Å². The molecule has 0 fully saturated rings. The number of hydrogen-bond acceptors (Lipinski definition) is 6. The summed E-state index contributed by atoms with van der Waals surface area (Å²) in [4.78, 5) is 14.3. The van der Waals surface area contributed by atoms with Crippen LogP contribution in [-0.4, -0.2) is 15.0 Å². The maximum atomic E-state index is 12.9. The van der Waals surface area contributed by atoms with E-state index in [1.807, 2.05) is 65.6 Å². The minimum atomic E-state index is -4.55. The van der Waals surface area contributed by atoms with E-state index < -0.39 is 11.7 Å². The molecule has 0 amide bonds. The van der Waals surface area contributed by atoms with Crippen molar-refractivity contribution in [3.63, 3.8) is 0 Å². The molecule has 0 spiro atoms. The zero-order valence-corrected chi connectivity index (χ0v) is 18.6. The summed E-state index contributed by atoms with van der Waals surface area (Å²) in [6.45, 7) is 1.05. The van der Waals surface area contributed by atoms with Crippen LogP contribution >= 0.6 is 11.6 Å². The predicted octanol–water partition coefficient (Wildman–Crippen LogP) is 6.08. The zero-order chi connectivity index (χ0) is 24.1. The van der Waals surface area contributed by atoms with Gasteiger partial charge in [-0.25, -0.2) is 15.0 Å². The number of nitrogens with zero attached hydrogens (tertiary/aromatic N) is 4. The first-order chi connectivity index (χ1) is 16.3. The number of nitrogen functional groups attached to an aromatic ring is 1.